The molecule has 5 rings (SSSR count). The highest BCUT2D eigenvalue weighted by Crippen LogP contribution is 2.36. The highest BCUT2D eigenvalue weighted by molar-refractivity contribution is 5.99. The lowest BCUT2D eigenvalue weighted by atomic mass is 9.90. The number of aryl methyl sites for hydroxylation is 1. The predicted octanol–water partition coefficient (Wildman–Crippen LogP) is 4.93. The van der Waals surface area contributed by atoms with Crippen molar-refractivity contribution in [3.8, 4) is 17.0 Å². The van der Waals surface area contributed by atoms with Crippen molar-refractivity contribution < 1.29 is 37.3 Å². The van der Waals surface area contributed by atoms with Crippen molar-refractivity contribution in [1.82, 2.24) is 20.5 Å². The molecule has 12 heteroatoms. The van der Waals surface area contributed by atoms with Gasteiger partial charge in [-0.2, -0.15) is 5.10 Å². The van der Waals surface area contributed by atoms with E-state index >= 15 is 4.39 Å². The van der Waals surface area contributed by atoms with E-state index in [-0.39, 0.29) is 17.2 Å². The molecule has 0 aliphatic heterocycles. The van der Waals surface area contributed by atoms with Gasteiger partial charge in [0.15, 0.2) is 11.4 Å². The Hall–Kier alpha value is -4.16. The number of carbonyl (C=O) groups is 1. The van der Waals surface area contributed by atoms with Gasteiger partial charge in [-0.1, -0.05) is 0 Å². The molecule has 0 radical (unpaired) electrons. The molecular weight excluding hydrogens is 556 g/mol. The zero-order chi connectivity index (χ0) is 30.4. The Bertz CT molecular complexity index is 1660. The third kappa shape index (κ3) is 5.90. The summed E-state index contributed by atoms with van der Waals surface area (Å²) < 4.78 is 63.9. The summed E-state index contributed by atoms with van der Waals surface area (Å²) in [7, 11) is 0. The second-order valence-corrected chi connectivity index (χ2v) is 10.9. The smallest absolute Gasteiger partial charge is 0.274 e. The fourth-order valence-corrected chi connectivity index (χ4v) is 4.41. The summed E-state index contributed by atoms with van der Waals surface area (Å²) in [5.41, 5.74) is -5.44. The molecule has 0 unspecified atom stereocenters. The van der Waals surface area contributed by atoms with Crippen LogP contribution in [-0.4, -0.2) is 50.4 Å². The first-order chi connectivity index (χ1) is 19.8. The number of nitrogens with zero attached hydrogens (tertiary/aromatic N) is 3. The summed E-state index contributed by atoms with van der Waals surface area (Å²) in [5, 5.41) is 32.9. The number of nitrogens with one attached hydrogen (secondary N) is 1. The molecule has 1 saturated carbocycles. The van der Waals surface area contributed by atoms with E-state index in [1.165, 1.54) is 38.1 Å². The number of fused-ring (bicyclic) bond motifs is 1. The van der Waals surface area contributed by atoms with Crippen molar-refractivity contribution in [3.05, 3.63) is 82.7 Å². The first-order valence-corrected chi connectivity index (χ1v) is 13.2. The van der Waals surface area contributed by atoms with E-state index in [4.69, 9.17) is 4.74 Å². The molecule has 1 aliphatic rings. The number of hydrogen-bond donors (Lipinski definition) is 3. The van der Waals surface area contributed by atoms with Crippen molar-refractivity contribution in [3.63, 3.8) is 0 Å². The van der Waals surface area contributed by atoms with E-state index < -0.39 is 58.7 Å². The van der Waals surface area contributed by atoms with Crippen LogP contribution in [0.25, 0.3) is 22.2 Å². The van der Waals surface area contributed by atoms with Gasteiger partial charge in [-0.05, 0) is 82.1 Å². The molecule has 1 atom stereocenters. The average Bonchev–Trinajstić information content (AvgIpc) is 3.75. The predicted molar refractivity (Wildman–Crippen MR) is 145 cm³/mol. The summed E-state index contributed by atoms with van der Waals surface area (Å²) in [4.78, 5) is 17.2. The third-order valence-electron chi connectivity index (χ3n) is 6.91. The molecule has 2 aromatic carbocycles. The number of hydrogen-bond acceptors (Lipinski definition) is 7. The van der Waals surface area contributed by atoms with Crippen molar-refractivity contribution in [2.24, 2.45) is 0 Å². The zero-order valence-corrected chi connectivity index (χ0v) is 23.0. The van der Waals surface area contributed by atoms with Gasteiger partial charge in [0.25, 0.3) is 12.3 Å². The van der Waals surface area contributed by atoms with E-state index in [9.17, 15) is 28.2 Å². The van der Waals surface area contributed by atoms with Gasteiger partial charge in [-0.25, -0.2) is 22.5 Å². The number of aromatic nitrogens is 3. The molecule has 220 valence electrons. The number of rotatable bonds is 9. The molecule has 1 aliphatic carbocycles. The normalized spacial score (nSPS) is 15.1. The molecular formula is C30H28F4N4O4. The van der Waals surface area contributed by atoms with Crippen LogP contribution in [0.4, 0.5) is 17.6 Å². The lowest BCUT2D eigenvalue weighted by Gasteiger charge is -2.30. The van der Waals surface area contributed by atoms with Gasteiger partial charge in [0.05, 0.1) is 29.6 Å². The second kappa shape index (κ2) is 10.9. The molecule has 2 aromatic heterocycles. The summed E-state index contributed by atoms with van der Waals surface area (Å²) in [6.07, 6.45) is -1.83. The first-order valence-electron chi connectivity index (χ1n) is 13.2. The van der Waals surface area contributed by atoms with Crippen LogP contribution in [0.2, 0.25) is 0 Å². The minimum absolute atomic E-state index is 0.0247. The number of amides is 1. The Kier molecular flexibility index (Phi) is 7.62. The quantitative estimate of drug-likeness (QED) is 0.239. The van der Waals surface area contributed by atoms with Gasteiger partial charge >= 0.3 is 0 Å². The molecule has 1 amide bonds. The van der Waals surface area contributed by atoms with Crippen molar-refractivity contribution in [2.45, 2.75) is 57.3 Å². The standard InChI is InChI=1S/C30H28F4N4O4/c1-15-10-17-11-18(12-22(25(17)38-37-15)42-20-8-9-20)27(39)35-14-30(41,28(33)34)23-13-21(29(2,3)40)24(32)26(36-23)16-4-6-19(31)7-5-16/h4-7,10-13,20,28,40-41H,8-9,14H2,1-3H3,(H,35,39)/t30-/m0/s1. The van der Waals surface area contributed by atoms with Crippen molar-refractivity contribution in [1.29, 1.82) is 0 Å². The highest BCUT2D eigenvalue weighted by atomic mass is 19.3. The van der Waals surface area contributed by atoms with Crippen molar-refractivity contribution >= 4 is 16.8 Å². The van der Waals surface area contributed by atoms with Crippen LogP contribution >= 0.6 is 0 Å². The molecule has 0 spiro atoms. The number of benzene rings is 2. The van der Waals surface area contributed by atoms with Crippen LogP contribution in [-0.2, 0) is 11.2 Å². The molecule has 8 nitrogen and oxygen atoms in total. The van der Waals surface area contributed by atoms with E-state index in [2.05, 4.69) is 20.5 Å². The van der Waals surface area contributed by atoms with Gasteiger partial charge in [0.1, 0.15) is 22.8 Å². The summed E-state index contributed by atoms with van der Waals surface area (Å²) >= 11 is 0. The van der Waals surface area contributed by atoms with Crippen LogP contribution in [0.5, 0.6) is 5.75 Å². The van der Waals surface area contributed by atoms with E-state index in [1.54, 1.807) is 13.0 Å². The topological polar surface area (TPSA) is 117 Å². The maximum atomic E-state index is 15.5. The Morgan fingerprint density at radius 1 is 1.07 bits per heavy atom. The number of carbonyl (C=O) groups excluding carboxylic acids is 1. The Labute approximate surface area is 238 Å². The maximum absolute atomic E-state index is 15.5. The number of aliphatic hydroxyl groups is 2. The van der Waals surface area contributed by atoms with E-state index in [0.717, 1.165) is 31.0 Å². The first kappa shape index (κ1) is 29.3. The number of halogens is 4. The van der Waals surface area contributed by atoms with Crippen molar-refractivity contribution in [2.75, 3.05) is 6.54 Å². The fraction of sp³-hybridized carbons (Fsp3) is 0.333. The summed E-state index contributed by atoms with van der Waals surface area (Å²) in [6.45, 7) is 3.18. The minimum atomic E-state index is -3.49. The lowest BCUT2D eigenvalue weighted by molar-refractivity contribution is -0.101. The zero-order valence-electron chi connectivity index (χ0n) is 23.0. The molecule has 0 bridgehead atoms. The van der Waals surface area contributed by atoms with Gasteiger partial charge < -0.3 is 20.3 Å². The van der Waals surface area contributed by atoms with Crippen LogP contribution < -0.4 is 10.1 Å². The Morgan fingerprint density at radius 2 is 1.76 bits per heavy atom. The van der Waals surface area contributed by atoms with Crippen LogP contribution in [0.1, 0.15) is 54.0 Å². The largest absolute Gasteiger partial charge is 0.488 e. The summed E-state index contributed by atoms with van der Waals surface area (Å²) in [6, 6.07) is 9.91. The molecule has 0 saturated heterocycles. The summed E-state index contributed by atoms with van der Waals surface area (Å²) in [5.74, 6) is -2.13. The van der Waals surface area contributed by atoms with Crippen LogP contribution in [0, 0.1) is 18.6 Å². The number of alkyl halides is 2. The molecule has 42 heavy (non-hydrogen) atoms. The van der Waals surface area contributed by atoms with Crippen LogP contribution in [0.15, 0.2) is 48.5 Å². The monoisotopic (exact) mass is 584 g/mol. The van der Waals surface area contributed by atoms with Crippen LogP contribution in [0.3, 0.4) is 0 Å². The van der Waals surface area contributed by atoms with E-state index in [1.807, 2.05) is 0 Å². The molecule has 4 aromatic rings. The second-order valence-electron chi connectivity index (χ2n) is 10.9. The van der Waals surface area contributed by atoms with Gasteiger partial charge in [-0.3, -0.25) is 4.79 Å². The van der Waals surface area contributed by atoms with Gasteiger partial charge in [0, 0.05) is 22.1 Å². The fourth-order valence-electron chi connectivity index (χ4n) is 4.41. The third-order valence-corrected chi connectivity index (χ3v) is 6.91. The molecule has 2 heterocycles. The molecule has 1 fully saturated rings. The maximum Gasteiger partial charge on any atom is 0.274 e. The van der Waals surface area contributed by atoms with Gasteiger partial charge in [0.2, 0.25) is 0 Å². The number of ether oxygens (including phenoxy) is 1. The Balaban J connectivity index is 1.51. The average molecular weight is 585 g/mol. The van der Waals surface area contributed by atoms with Gasteiger partial charge in [-0.15, -0.1) is 5.10 Å². The van der Waals surface area contributed by atoms with E-state index in [0.29, 0.717) is 22.3 Å². The SMILES string of the molecule is Cc1cc2cc(C(=O)NC[C@](O)(c3cc(C(C)(C)O)c(F)c(-c4ccc(F)cc4)n3)C(F)F)cc(OC3CC3)c2nn1. The number of pyridine rings is 1. The Morgan fingerprint density at radius 3 is 2.38 bits per heavy atom. The minimum Gasteiger partial charge on any atom is -0.488 e. The highest BCUT2D eigenvalue weighted by Gasteiger charge is 2.43. The lowest BCUT2D eigenvalue weighted by Crippen LogP contribution is -2.47. The molecule has 3 N–H and O–H groups in total.